The van der Waals surface area contributed by atoms with Gasteiger partial charge in [-0.05, 0) is 46.3 Å². The van der Waals surface area contributed by atoms with Gasteiger partial charge in [-0.3, -0.25) is 4.79 Å². The quantitative estimate of drug-likeness (QED) is 0.482. The first-order chi connectivity index (χ1) is 13.5. The fourth-order valence-electron chi connectivity index (χ4n) is 3.62. The van der Waals surface area contributed by atoms with Crippen molar-refractivity contribution in [1.29, 1.82) is 0 Å². The van der Waals surface area contributed by atoms with Gasteiger partial charge in [-0.2, -0.15) is 0 Å². The Balaban J connectivity index is 2.51. The van der Waals surface area contributed by atoms with Crippen LogP contribution in [0.3, 0.4) is 0 Å². The van der Waals surface area contributed by atoms with Crippen molar-refractivity contribution in [2.45, 2.75) is 58.7 Å². The van der Waals surface area contributed by atoms with Gasteiger partial charge < -0.3 is 19.0 Å². The van der Waals surface area contributed by atoms with Crippen LogP contribution in [-0.2, 0) is 20.9 Å². The van der Waals surface area contributed by atoms with Crippen LogP contribution in [0.5, 0.6) is 0 Å². The van der Waals surface area contributed by atoms with Gasteiger partial charge in [0.05, 0.1) is 6.04 Å². The normalized spacial score (nSPS) is 12.6. The third-order valence-corrected chi connectivity index (χ3v) is 4.93. The van der Waals surface area contributed by atoms with Crippen LogP contribution in [-0.4, -0.2) is 34.2 Å². The number of carbonyl (C=O) groups is 2. The number of ketones is 1. The summed E-state index contributed by atoms with van der Waals surface area (Å²) in [4.78, 5) is 25.1. The second kappa shape index (κ2) is 8.68. The minimum Gasteiger partial charge on any atom is -0.474 e. The van der Waals surface area contributed by atoms with E-state index in [0.717, 1.165) is 33.3 Å². The summed E-state index contributed by atoms with van der Waals surface area (Å²) in [6.45, 7) is 20.6. The Bertz CT molecular complexity index is 1030. The highest BCUT2D eigenvalue weighted by atomic mass is 16.5. The topological polar surface area (TPSA) is 51.5 Å². The average molecular weight is 397 g/mol. The molecule has 1 aromatic heterocycles. The van der Waals surface area contributed by atoms with Crippen molar-refractivity contribution >= 4 is 36.0 Å². The first-order valence-electron chi connectivity index (χ1n) is 9.80. The van der Waals surface area contributed by atoms with E-state index in [1.165, 1.54) is 0 Å². The molecule has 0 spiro atoms. The first kappa shape index (κ1) is 22.5. The van der Waals surface area contributed by atoms with Gasteiger partial charge in [0.2, 0.25) is 0 Å². The predicted molar refractivity (Wildman–Crippen MR) is 119 cm³/mol. The van der Waals surface area contributed by atoms with Crippen molar-refractivity contribution in [3.8, 4) is 0 Å². The van der Waals surface area contributed by atoms with E-state index < -0.39 is 6.04 Å². The lowest BCUT2D eigenvalue weighted by Gasteiger charge is -2.29. The molecule has 0 amide bonds. The van der Waals surface area contributed by atoms with Crippen LogP contribution in [0.1, 0.15) is 52.1 Å². The molecule has 2 rings (SSSR count). The van der Waals surface area contributed by atoms with Gasteiger partial charge in [0, 0.05) is 41.5 Å². The molecule has 0 radical (unpaired) electrons. The molecule has 156 valence electrons. The fraction of sp³-hybridized carbons (Fsp3) is 0.417. The third-order valence-electron chi connectivity index (χ3n) is 4.93. The number of Topliss-reactive ketones (excluding diaryl/α,β-unsaturated/α-hetero) is 1. The van der Waals surface area contributed by atoms with Crippen molar-refractivity contribution in [2.75, 3.05) is 7.05 Å². The molecule has 1 unspecified atom stereocenters. The number of ether oxygens (including phenoxy) is 1. The Hall–Kier alpha value is -2.82. The molecular formula is C24H32N2O3. The van der Waals surface area contributed by atoms with E-state index in [-0.39, 0.29) is 11.4 Å². The van der Waals surface area contributed by atoms with Crippen molar-refractivity contribution < 1.29 is 14.3 Å². The summed E-state index contributed by atoms with van der Waals surface area (Å²) in [5.41, 5.74) is 0.723. The van der Waals surface area contributed by atoms with E-state index in [1.54, 1.807) is 6.92 Å². The maximum absolute atomic E-state index is 12.3. The maximum Gasteiger partial charge on any atom is 0.182 e. The second-order valence-electron chi connectivity index (χ2n) is 8.44. The van der Waals surface area contributed by atoms with E-state index >= 15 is 0 Å². The van der Waals surface area contributed by atoms with Crippen LogP contribution in [0.25, 0.3) is 23.9 Å². The molecule has 5 nitrogen and oxygen atoms in total. The minimum absolute atomic E-state index is 0.00687. The number of hydrogen-bond donors (Lipinski definition) is 0. The molecule has 0 aliphatic carbocycles. The highest BCUT2D eigenvalue weighted by Gasteiger charge is 2.21. The van der Waals surface area contributed by atoms with Gasteiger partial charge in [-0.25, -0.2) is 0 Å². The monoisotopic (exact) mass is 396 g/mol. The number of rotatable bonds is 9. The zero-order valence-corrected chi connectivity index (χ0v) is 18.2. The Labute approximate surface area is 172 Å². The molecule has 0 aliphatic rings. The van der Waals surface area contributed by atoms with Gasteiger partial charge in [0.1, 0.15) is 11.9 Å². The second-order valence-corrected chi connectivity index (χ2v) is 8.44. The molecule has 0 bridgehead atoms. The smallest absolute Gasteiger partial charge is 0.182 e. The van der Waals surface area contributed by atoms with Crippen LogP contribution in [0.15, 0.2) is 30.7 Å². The Morgan fingerprint density at radius 3 is 2.48 bits per heavy atom. The Morgan fingerprint density at radius 2 is 1.93 bits per heavy atom. The van der Waals surface area contributed by atoms with Gasteiger partial charge in [0.15, 0.2) is 11.7 Å². The molecule has 0 N–H and O–H groups in total. The number of hydrogen-bond acceptors (Lipinski definition) is 4. The number of fused-ring (bicyclic) bond motifs is 1. The van der Waals surface area contributed by atoms with Crippen molar-refractivity contribution in [1.82, 2.24) is 9.47 Å². The molecular weight excluding hydrogens is 364 g/mol. The van der Waals surface area contributed by atoms with Crippen molar-refractivity contribution in [3.63, 3.8) is 0 Å². The largest absolute Gasteiger partial charge is 0.474 e. The van der Waals surface area contributed by atoms with Crippen LogP contribution in [0.4, 0.5) is 0 Å². The summed E-state index contributed by atoms with van der Waals surface area (Å²) in [7, 11) is 1.93. The molecule has 0 saturated carbocycles. The van der Waals surface area contributed by atoms with Crippen LogP contribution < -0.4 is 10.7 Å². The van der Waals surface area contributed by atoms with E-state index in [9.17, 15) is 9.59 Å². The number of benzene rings is 1. The standard InChI is InChI=1S/C24H32N2O3/c1-16-21-12-9-11-20(15-25(8)19(4)29-24(5,6)7)23(21)17(2)26(16)22(18(3)28)13-10-14-27/h9,11-12,14,22H,1-2,4,10,13,15H2,3,5-8H3. The molecule has 29 heavy (non-hydrogen) atoms. The third kappa shape index (κ3) is 4.97. The SMILES string of the molecule is C=C(OC(C)(C)C)N(C)Cc1cccc2c(=C)n(C(CCC=O)C(C)=O)c(=C)c12. The highest BCUT2D eigenvalue weighted by Crippen LogP contribution is 2.21. The zero-order valence-electron chi connectivity index (χ0n) is 18.2. The van der Waals surface area contributed by atoms with Gasteiger partial charge in [-0.1, -0.05) is 31.4 Å². The van der Waals surface area contributed by atoms with E-state index in [0.29, 0.717) is 25.3 Å². The van der Waals surface area contributed by atoms with Crippen LogP contribution in [0.2, 0.25) is 0 Å². The van der Waals surface area contributed by atoms with Crippen molar-refractivity contribution in [3.05, 3.63) is 46.9 Å². The average Bonchev–Trinajstić information content (AvgIpc) is 2.86. The first-order valence-corrected chi connectivity index (χ1v) is 9.80. The number of nitrogens with zero attached hydrogens (tertiary/aromatic N) is 2. The Morgan fingerprint density at radius 1 is 1.28 bits per heavy atom. The highest BCUT2D eigenvalue weighted by molar-refractivity contribution is 5.88. The molecule has 0 aliphatic heterocycles. The van der Waals surface area contributed by atoms with Gasteiger partial charge >= 0.3 is 0 Å². The number of carbonyl (C=O) groups excluding carboxylic acids is 2. The summed E-state index contributed by atoms with van der Waals surface area (Å²) in [6.07, 6.45) is 1.60. The molecule has 1 heterocycles. The van der Waals surface area contributed by atoms with Gasteiger partial charge in [-0.15, -0.1) is 0 Å². The summed E-state index contributed by atoms with van der Waals surface area (Å²) in [6, 6.07) is 5.56. The molecule has 1 aromatic carbocycles. The minimum atomic E-state index is -0.447. The van der Waals surface area contributed by atoms with E-state index in [2.05, 4.69) is 19.7 Å². The summed E-state index contributed by atoms with van der Waals surface area (Å²) < 4.78 is 7.75. The molecule has 0 saturated heterocycles. The van der Waals surface area contributed by atoms with E-state index in [4.69, 9.17) is 4.74 Å². The molecule has 1 atom stereocenters. The molecule has 5 heteroatoms. The number of aldehydes is 1. The molecule has 0 fully saturated rings. The number of aromatic nitrogens is 1. The lowest BCUT2D eigenvalue weighted by atomic mass is 10.1. The maximum atomic E-state index is 12.3. The molecule has 2 aromatic rings. The van der Waals surface area contributed by atoms with Crippen LogP contribution in [0, 0.1) is 0 Å². The predicted octanol–water partition coefficient (Wildman–Crippen LogP) is 3.29. The van der Waals surface area contributed by atoms with E-state index in [1.807, 2.05) is 55.5 Å². The lowest BCUT2D eigenvalue weighted by Crippen LogP contribution is -2.33. The summed E-state index contributed by atoms with van der Waals surface area (Å²) in [5.74, 6) is 0.578. The fourth-order valence-corrected chi connectivity index (χ4v) is 3.62. The zero-order chi connectivity index (χ0) is 21.9. The summed E-state index contributed by atoms with van der Waals surface area (Å²) in [5, 5.41) is 3.42. The van der Waals surface area contributed by atoms with Crippen LogP contribution >= 0.6 is 0 Å². The van der Waals surface area contributed by atoms with Crippen molar-refractivity contribution in [2.24, 2.45) is 0 Å². The Kier molecular flexibility index (Phi) is 6.73. The van der Waals surface area contributed by atoms with Gasteiger partial charge in [0.25, 0.3) is 0 Å². The lowest BCUT2D eigenvalue weighted by molar-refractivity contribution is -0.120. The summed E-state index contributed by atoms with van der Waals surface area (Å²) >= 11 is 0.